The van der Waals surface area contributed by atoms with Crippen molar-refractivity contribution in [3.8, 4) is 0 Å². The molecule has 10 nitrogen and oxygen atoms in total. The van der Waals surface area contributed by atoms with Crippen molar-refractivity contribution in [2.24, 2.45) is 0 Å². The summed E-state index contributed by atoms with van der Waals surface area (Å²) in [7, 11) is 0. The molecule has 0 bridgehead atoms. The monoisotopic (exact) mass is 490 g/mol. The second-order valence-corrected chi connectivity index (χ2v) is 10.8. The largest absolute Gasteiger partial charge is 0.368 e. The van der Waals surface area contributed by atoms with Gasteiger partial charge in [0.2, 0.25) is 11.9 Å². The molecule has 2 aromatic rings. The Kier molecular flexibility index (Phi) is 5.78. The van der Waals surface area contributed by atoms with E-state index in [1.807, 2.05) is 12.3 Å². The van der Waals surface area contributed by atoms with Crippen molar-refractivity contribution in [2.45, 2.75) is 70.0 Å². The molecule has 2 saturated heterocycles. The van der Waals surface area contributed by atoms with E-state index in [0.29, 0.717) is 24.2 Å². The average Bonchev–Trinajstić information content (AvgIpc) is 3.57. The minimum Gasteiger partial charge on any atom is -0.368 e. The van der Waals surface area contributed by atoms with Crippen molar-refractivity contribution in [3.05, 3.63) is 30.1 Å². The van der Waals surface area contributed by atoms with Crippen molar-refractivity contribution in [1.29, 1.82) is 0 Å². The van der Waals surface area contributed by atoms with E-state index < -0.39 is 5.54 Å². The molecule has 1 spiro atoms. The second-order valence-electron chi connectivity index (χ2n) is 10.8. The van der Waals surface area contributed by atoms with E-state index in [-0.39, 0.29) is 24.3 Å². The second kappa shape index (κ2) is 8.99. The third-order valence-corrected chi connectivity index (χ3v) is 8.23. The molecule has 2 aromatic heterocycles. The molecule has 1 aliphatic carbocycles. The molecule has 190 valence electrons. The Balaban J connectivity index is 1.20. The molecule has 4 aliphatic rings. The number of amides is 2. The van der Waals surface area contributed by atoms with Crippen LogP contribution < -0.4 is 20.4 Å². The van der Waals surface area contributed by atoms with Gasteiger partial charge in [-0.05, 0) is 38.8 Å². The first kappa shape index (κ1) is 23.1. The summed E-state index contributed by atoms with van der Waals surface area (Å²) >= 11 is 0. The van der Waals surface area contributed by atoms with E-state index in [2.05, 4.69) is 55.2 Å². The molecule has 3 fully saturated rings. The van der Waals surface area contributed by atoms with Crippen LogP contribution in [0.25, 0.3) is 0 Å². The zero-order valence-corrected chi connectivity index (χ0v) is 21.0. The smallest absolute Gasteiger partial charge is 0.253 e. The number of aromatic nitrogens is 3. The van der Waals surface area contributed by atoms with Gasteiger partial charge in [-0.25, -0.2) is 9.97 Å². The van der Waals surface area contributed by atoms with E-state index >= 15 is 0 Å². The summed E-state index contributed by atoms with van der Waals surface area (Å²) < 4.78 is 0. The summed E-state index contributed by atoms with van der Waals surface area (Å²) in [6.45, 7) is 8.60. The lowest BCUT2D eigenvalue weighted by Gasteiger charge is -2.38. The summed E-state index contributed by atoms with van der Waals surface area (Å²) in [6.07, 6.45) is 8.59. The third kappa shape index (κ3) is 3.97. The molecule has 36 heavy (non-hydrogen) atoms. The maximum absolute atomic E-state index is 13.0. The number of nitrogens with zero attached hydrogens (tertiary/aromatic N) is 6. The van der Waals surface area contributed by atoms with Crippen LogP contribution in [-0.4, -0.2) is 75.5 Å². The maximum atomic E-state index is 13.0. The van der Waals surface area contributed by atoms with Crippen LogP contribution in [0.5, 0.6) is 0 Å². The Hall–Kier alpha value is -3.27. The molecule has 2 N–H and O–H groups in total. The number of hydrogen-bond donors (Lipinski definition) is 2. The molecule has 10 heteroatoms. The fraction of sp³-hybridized carbons (Fsp3) is 0.577. The third-order valence-electron chi connectivity index (χ3n) is 8.23. The van der Waals surface area contributed by atoms with E-state index in [1.54, 1.807) is 6.20 Å². The van der Waals surface area contributed by atoms with Gasteiger partial charge < -0.3 is 15.1 Å². The predicted octanol–water partition coefficient (Wildman–Crippen LogP) is 2.24. The number of carbonyl (C=O) groups excluding carboxylic acids is 2. The average molecular weight is 491 g/mol. The number of piperazine rings is 1. The van der Waals surface area contributed by atoms with Gasteiger partial charge in [-0.3, -0.25) is 19.8 Å². The number of rotatable bonds is 5. The van der Waals surface area contributed by atoms with Crippen LogP contribution in [0.2, 0.25) is 0 Å². The Labute approximate surface area is 211 Å². The Morgan fingerprint density at radius 1 is 1.03 bits per heavy atom. The van der Waals surface area contributed by atoms with Gasteiger partial charge in [0.15, 0.2) is 0 Å². The molecular formula is C26H34N8O2. The van der Waals surface area contributed by atoms with Gasteiger partial charge in [0, 0.05) is 56.4 Å². The molecule has 5 heterocycles. The lowest BCUT2D eigenvalue weighted by atomic mass is 9.91. The zero-order valence-electron chi connectivity index (χ0n) is 21.0. The van der Waals surface area contributed by atoms with E-state index in [0.717, 1.165) is 68.9 Å². The predicted molar refractivity (Wildman–Crippen MR) is 137 cm³/mol. The lowest BCUT2D eigenvalue weighted by molar-refractivity contribution is -0.126. The summed E-state index contributed by atoms with van der Waals surface area (Å²) in [5, 5.41) is 5.77. The molecule has 0 aromatic carbocycles. The lowest BCUT2D eigenvalue weighted by Crippen LogP contribution is -2.56. The van der Waals surface area contributed by atoms with Crippen molar-refractivity contribution in [1.82, 2.24) is 25.2 Å². The number of imide groups is 1. The van der Waals surface area contributed by atoms with Crippen molar-refractivity contribution in [2.75, 3.05) is 41.3 Å². The summed E-state index contributed by atoms with van der Waals surface area (Å²) in [5.74, 6) is 1.47. The number of anilines is 4. The van der Waals surface area contributed by atoms with Gasteiger partial charge in [-0.1, -0.05) is 12.8 Å². The Bertz CT molecular complexity index is 1160. The van der Waals surface area contributed by atoms with E-state index in [9.17, 15) is 9.59 Å². The van der Waals surface area contributed by atoms with E-state index in [1.165, 1.54) is 0 Å². The molecule has 1 atom stereocenters. The summed E-state index contributed by atoms with van der Waals surface area (Å²) in [4.78, 5) is 46.2. The Morgan fingerprint density at radius 2 is 1.81 bits per heavy atom. The first-order chi connectivity index (χ1) is 17.4. The van der Waals surface area contributed by atoms with Gasteiger partial charge >= 0.3 is 0 Å². The first-order valence-corrected chi connectivity index (χ1v) is 13.1. The zero-order chi connectivity index (χ0) is 24.9. The highest BCUT2D eigenvalue weighted by Gasteiger charge is 2.58. The minimum atomic E-state index is -0.874. The van der Waals surface area contributed by atoms with Crippen molar-refractivity contribution in [3.63, 3.8) is 0 Å². The van der Waals surface area contributed by atoms with Crippen LogP contribution in [0.15, 0.2) is 24.5 Å². The quantitative estimate of drug-likeness (QED) is 0.610. The molecule has 1 unspecified atom stereocenters. The SMILES string of the molecule is CC(C)N1CCN(c2ccc(Nc3ncc4c(n3)N(C3CCCC3)C3(CC(=O)NC3=O)C4)nc2)CC1. The van der Waals surface area contributed by atoms with Crippen LogP contribution in [0.3, 0.4) is 0 Å². The Morgan fingerprint density at radius 3 is 2.44 bits per heavy atom. The van der Waals surface area contributed by atoms with Gasteiger partial charge in [0.1, 0.15) is 17.2 Å². The standard InChI is InChI=1S/C26H34N8O2/c1-17(2)32-9-11-33(12-10-32)20-7-8-21(27-16-20)29-25-28-15-18-13-26(14-22(35)30-24(26)36)34(23(18)31-25)19-5-3-4-6-19/h7-8,15-17,19H,3-6,9-14H2,1-2H3,(H,30,35,36)(H,27,28,29,31). The number of pyridine rings is 1. The maximum Gasteiger partial charge on any atom is 0.253 e. The van der Waals surface area contributed by atoms with E-state index in [4.69, 9.17) is 4.98 Å². The number of nitrogens with one attached hydrogen (secondary N) is 2. The van der Waals surface area contributed by atoms with Crippen LogP contribution in [0.4, 0.5) is 23.3 Å². The number of carbonyl (C=O) groups is 2. The number of hydrogen-bond acceptors (Lipinski definition) is 9. The molecule has 0 radical (unpaired) electrons. The van der Waals surface area contributed by atoms with Gasteiger partial charge in [0.05, 0.1) is 18.3 Å². The molecular weight excluding hydrogens is 456 g/mol. The minimum absolute atomic E-state index is 0.176. The fourth-order valence-corrected chi connectivity index (χ4v) is 6.31. The summed E-state index contributed by atoms with van der Waals surface area (Å²) in [5.41, 5.74) is 1.16. The van der Waals surface area contributed by atoms with Crippen LogP contribution in [0.1, 0.15) is 51.5 Å². The molecule has 1 saturated carbocycles. The first-order valence-electron chi connectivity index (χ1n) is 13.1. The van der Waals surface area contributed by atoms with Crippen LogP contribution in [0, 0.1) is 0 Å². The highest BCUT2D eigenvalue weighted by Crippen LogP contribution is 2.46. The summed E-state index contributed by atoms with van der Waals surface area (Å²) in [6, 6.07) is 4.83. The van der Waals surface area contributed by atoms with Crippen LogP contribution >= 0.6 is 0 Å². The number of fused-ring (bicyclic) bond motifs is 1. The van der Waals surface area contributed by atoms with Crippen molar-refractivity contribution >= 4 is 35.1 Å². The van der Waals surface area contributed by atoms with Crippen molar-refractivity contribution < 1.29 is 9.59 Å². The van der Waals surface area contributed by atoms with Crippen LogP contribution in [-0.2, 0) is 16.0 Å². The normalized spacial score (nSPS) is 24.8. The van der Waals surface area contributed by atoms with Gasteiger partial charge in [-0.15, -0.1) is 0 Å². The highest BCUT2D eigenvalue weighted by atomic mass is 16.2. The molecule has 3 aliphatic heterocycles. The topological polar surface area (TPSA) is 107 Å². The van der Waals surface area contributed by atoms with Gasteiger partial charge in [0.25, 0.3) is 5.91 Å². The molecule has 2 amide bonds. The highest BCUT2D eigenvalue weighted by molar-refractivity contribution is 6.11. The molecule has 6 rings (SSSR count). The fourth-order valence-electron chi connectivity index (χ4n) is 6.31. The van der Waals surface area contributed by atoms with Gasteiger partial charge in [-0.2, -0.15) is 4.98 Å².